The van der Waals surface area contributed by atoms with E-state index >= 15 is 0 Å². The van der Waals surface area contributed by atoms with Crippen LogP contribution in [0.1, 0.15) is 38.2 Å². The quantitative estimate of drug-likeness (QED) is 0.0910. The molecule has 0 saturated carbocycles. The van der Waals surface area contributed by atoms with Crippen molar-refractivity contribution in [3.05, 3.63) is 141 Å². The lowest BCUT2D eigenvalue weighted by atomic mass is 9.54. The molecule has 1 heterocycles. The first-order valence-corrected chi connectivity index (χ1v) is 13.9. The van der Waals surface area contributed by atoms with Crippen LogP contribution in [0, 0.1) is 22.0 Å². The van der Waals surface area contributed by atoms with Crippen LogP contribution in [0.4, 0.5) is 11.4 Å². The molecule has 0 unspecified atom stereocenters. The average Bonchev–Trinajstić information content (AvgIpc) is 3.29. The normalized spacial score (nSPS) is 25.0. The maximum absolute atomic E-state index is 14.1. The summed E-state index contributed by atoms with van der Waals surface area (Å²) in [5, 5.41) is 11.2. The number of benzene rings is 4. The monoisotopic (exact) mass is 598 g/mol. The predicted octanol–water partition coefficient (Wildman–Crippen LogP) is 6.05. The van der Waals surface area contributed by atoms with Gasteiger partial charge in [-0.05, 0) is 52.6 Å². The molecule has 208 valence electrons. The zero-order chi connectivity index (χ0) is 29.4. The molecule has 10 heteroatoms. The third kappa shape index (κ3) is 3.39. The van der Waals surface area contributed by atoms with Crippen molar-refractivity contribution < 1.29 is 24.0 Å². The summed E-state index contributed by atoms with van der Waals surface area (Å²) in [5.74, 6) is -3.54. The Morgan fingerprint density at radius 2 is 1.21 bits per heavy atom. The molecule has 0 N–H and O–H groups in total. The lowest BCUT2D eigenvalue weighted by molar-refractivity contribution is -0.385. The molecule has 8 nitrogen and oxygen atoms in total. The standard InChI is InChI=1S/C32H20Cl2N2O6/c33-31-21-8-2-3-9-22(21)32(34,24-11-5-4-10-23(24)31)27-26(31)28(37)35(29(27)38)20-15-13-18(14-16-20)30(39)42-17-19-7-1-6-12-25(19)36(40)41/h1-16,26-27H,17H2/t26-,27-,31?,32?/m0/s1. The minimum absolute atomic E-state index is 0.149. The molecule has 1 fully saturated rings. The molecule has 4 aromatic carbocycles. The van der Waals surface area contributed by atoms with Crippen molar-refractivity contribution in [3.63, 3.8) is 0 Å². The summed E-state index contributed by atoms with van der Waals surface area (Å²) in [4.78, 5) is 50.1. The van der Waals surface area contributed by atoms with Gasteiger partial charge in [0.05, 0.1) is 33.6 Å². The van der Waals surface area contributed by atoms with Gasteiger partial charge in [-0.25, -0.2) is 9.69 Å². The van der Waals surface area contributed by atoms with Crippen LogP contribution in [0.3, 0.4) is 0 Å². The summed E-state index contributed by atoms with van der Waals surface area (Å²) >= 11 is 14.9. The van der Waals surface area contributed by atoms with E-state index in [1.165, 1.54) is 42.5 Å². The van der Waals surface area contributed by atoms with E-state index in [0.717, 1.165) is 4.90 Å². The fourth-order valence-corrected chi connectivity index (χ4v) is 7.80. The Labute approximate surface area is 249 Å². The lowest BCUT2D eigenvalue weighted by Crippen LogP contribution is -2.57. The van der Waals surface area contributed by atoms with Crippen LogP contribution in [0.2, 0.25) is 0 Å². The summed E-state index contributed by atoms with van der Waals surface area (Å²) in [6, 6.07) is 26.6. The van der Waals surface area contributed by atoms with E-state index in [-0.39, 0.29) is 29.1 Å². The van der Waals surface area contributed by atoms with Gasteiger partial charge < -0.3 is 4.74 Å². The summed E-state index contributed by atoms with van der Waals surface area (Å²) in [6.45, 7) is -0.291. The van der Waals surface area contributed by atoms with E-state index in [9.17, 15) is 24.5 Å². The van der Waals surface area contributed by atoms with Gasteiger partial charge in [0, 0.05) is 6.07 Å². The number of ether oxygens (including phenoxy) is 1. The molecular weight excluding hydrogens is 579 g/mol. The molecule has 0 spiro atoms. The van der Waals surface area contributed by atoms with Crippen molar-refractivity contribution in [3.8, 4) is 0 Å². The molecule has 1 saturated heterocycles. The molecule has 4 aliphatic rings. The van der Waals surface area contributed by atoms with Crippen LogP contribution in [0.25, 0.3) is 0 Å². The van der Waals surface area contributed by atoms with Crippen molar-refractivity contribution in [2.24, 2.45) is 11.8 Å². The highest BCUT2D eigenvalue weighted by Gasteiger charge is 2.73. The number of hydrogen-bond donors (Lipinski definition) is 0. The first-order chi connectivity index (χ1) is 20.2. The molecule has 1 aliphatic heterocycles. The number of rotatable bonds is 5. The van der Waals surface area contributed by atoms with Gasteiger partial charge in [-0.2, -0.15) is 0 Å². The molecular formula is C32H20Cl2N2O6. The molecule has 2 atom stereocenters. The number of para-hydroxylation sites is 1. The lowest BCUT2D eigenvalue weighted by Gasteiger charge is -2.54. The molecule has 2 bridgehead atoms. The number of esters is 1. The first kappa shape index (κ1) is 26.4. The minimum Gasteiger partial charge on any atom is -0.457 e. The molecule has 0 aromatic heterocycles. The fourth-order valence-electron chi connectivity index (χ4n) is 6.71. The van der Waals surface area contributed by atoms with Gasteiger partial charge in [0.1, 0.15) is 16.4 Å². The molecule has 4 aromatic rings. The molecule has 42 heavy (non-hydrogen) atoms. The van der Waals surface area contributed by atoms with Gasteiger partial charge in [-0.15, -0.1) is 23.2 Å². The van der Waals surface area contributed by atoms with Gasteiger partial charge in [0.25, 0.3) is 5.69 Å². The van der Waals surface area contributed by atoms with Crippen LogP contribution in [-0.2, 0) is 30.7 Å². The first-order valence-electron chi connectivity index (χ1n) is 13.1. The van der Waals surface area contributed by atoms with E-state index in [4.69, 9.17) is 27.9 Å². The Bertz CT molecular complexity index is 1720. The summed E-state index contributed by atoms with van der Waals surface area (Å²) in [5.41, 5.74) is 3.36. The maximum atomic E-state index is 14.1. The number of alkyl halides is 2. The number of amides is 2. The summed E-state index contributed by atoms with van der Waals surface area (Å²) < 4.78 is 5.30. The topological polar surface area (TPSA) is 107 Å². The van der Waals surface area contributed by atoms with Gasteiger partial charge in [0.2, 0.25) is 11.8 Å². The largest absolute Gasteiger partial charge is 0.457 e. The van der Waals surface area contributed by atoms with E-state index < -0.39 is 44.3 Å². The van der Waals surface area contributed by atoms with Crippen LogP contribution >= 0.6 is 23.2 Å². The van der Waals surface area contributed by atoms with E-state index in [1.54, 1.807) is 6.07 Å². The van der Waals surface area contributed by atoms with Crippen LogP contribution in [0.5, 0.6) is 0 Å². The van der Waals surface area contributed by atoms with Crippen LogP contribution < -0.4 is 4.90 Å². The molecule has 3 aliphatic carbocycles. The average molecular weight is 599 g/mol. The van der Waals surface area contributed by atoms with Crippen molar-refractivity contribution in [2.45, 2.75) is 16.4 Å². The number of imide groups is 1. The molecule has 8 rings (SSSR count). The van der Waals surface area contributed by atoms with Crippen LogP contribution in [0.15, 0.2) is 97.1 Å². The summed E-state index contributed by atoms with van der Waals surface area (Å²) in [7, 11) is 0. The second kappa shape index (κ2) is 9.24. The van der Waals surface area contributed by atoms with Gasteiger partial charge in [-0.3, -0.25) is 19.7 Å². The Balaban J connectivity index is 1.20. The van der Waals surface area contributed by atoms with Crippen molar-refractivity contribution >= 4 is 52.4 Å². The number of carbonyl (C=O) groups excluding carboxylic acids is 3. The zero-order valence-corrected chi connectivity index (χ0v) is 23.2. The number of nitrogens with zero attached hydrogens (tertiary/aromatic N) is 2. The minimum atomic E-state index is -1.29. The number of nitro groups is 1. The number of halogens is 2. The third-order valence-electron chi connectivity index (χ3n) is 8.49. The SMILES string of the molecule is O=C(OCc1ccccc1[N+](=O)[O-])c1ccc(N2C(=O)[C@@H]3[C@@H](C2=O)C2(Cl)c4ccccc4C3(Cl)c3ccccc32)cc1. The number of carbonyl (C=O) groups is 3. The Morgan fingerprint density at radius 3 is 1.69 bits per heavy atom. The highest BCUT2D eigenvalue weighted by Crippen LogP contribution is 2.69. The van der Waals surface area contributed by atoms with Gasteiger partial charge >= 0.3 is 5.97 Å². The number of nitro benzene ring substituents is 1. The predicted molar refractivity (Wildman–Crippen MR) is 154 cm³/mol. The van der Waals surface area contributed by atoms with E-state index in [0.29, 0.717) is 22.3 Å². The highest BCUT2D eigenvalue weighted by molar-refractivity contribution is 6.38. The molecule has 2 amide bonds. The van der Waals surface area contributed by atoms with Crippen LogP contribution in [-0.4, -0.2) is 22.7 Å². The smallest absolute Gasteiger partial charge is 0.338 e. The Kier molecular flexibility index (Phi) is 5.80. The van der Waals surface area contributed by atoms with Gasteiger partial charge in [0.15, 0.2) is 0 Å². The van der Waals surface area contributed by atoms with E-state index in [1.807, 2.05) is 48.5 Å². The zero-order valence-electron chi connectivity index (χ0n) is 21.7. The highest BCUT2D eigenvalue weighted by atomic mass is 35.5. The summed E-state index contributed by atoms with van der Waals surface area (Å²) in [6.07, 6.45) is 0. The second-order valence-corrected chi connectivity index (χ2v) is 11.7. The Hall–Kier alpha value is -4.53. The van der Waals surface area contributed by atoms with Crippen molar-refractivity contribution in [1.82, 2.24) is 0 Å². The van der Waals surface area contributed by atoms with E-state index in [2.05, 4.69) is 0 Å². The second-order valence-electron chi connectivity index (χ2n) is 10.5. The fraction of sp³-hybridized carbons (Fsp3) is 0.156. The maximum Gasteiger partial charge on any atom is 0.338 e. The molecule has 0 radical (unpaired) electrons. The third-order valence-corrected chi connectivity index (χ3v) is 9.78. The number of hydrogen-bond acceptors (Lipinski definition) is 6. The van der Waals surface area contributed by atoms with Crippen molar-refractivity contribution in [2.75, 3.05) is 4.90 Å². The number of anilines is 1. The Morgan fingerprint density at radius 1 is 0.762 bits per heavy atom. The van der Waals surface area contributed by atoms with Gasteiger partial charge in [-0.1, -0.05) is 60.7 Å². The van der Waals surface area contributed by atoms with Crippen molar-refractivity contribution in [1.29, 1.82) is 0 Å².